The minimum Gasteiger partial charge on any atom is -0.462 e. The molecule has 0 spiro atoms. The molecule has 1 N–H and O–H groups in total. The molecule has 0 unspecified atom stereocenters. The van der Waals surface area contributed by atoms with Crippen molar-refractivity contribution in [2.45, 2.75) is 46.1 Å². The van der Waals surface area contributed by atoms with E-state index in [9.17, 15) is 4.79 Å². The summed E-state index contributed by atoms with van der Waals surface area (Å²) >= 11 is 0. The predicted molar refractivity (Wildman–Crippen MR) is 73.6 cm³/mol. The van der Waals surface area contributed by atoms with E-state index in [0.29, 0.717) is 6.54 Å². The number of carbonyl (C=O) groups is 1. The van der Waals surface area contributed by atoms with Gasteiger partial charge >= 0.3 is 5.97 Å². The molecule has 1 aliphatic rings. The van der Waals surface area contributed by atoms with Crippen molar-refractivity contribution < 1.29 is 9.53 Å². The standard InChI is InChI=1S/C14H28N2O2/c1-4-7-15-10-13-5-8-16(9-6-13)11-14(17)18-12(2)3/h12-13,15H,4-11H2,1-3H3. The van der Waals surface area contributed by atoms with E-state index in [1.165, 1.54) is 19.3 Å². The van der Waals surface area contributed by atoms with Gasteiger partial charge in [0.05, 0.1) is 12.6 Å². The molecule has 0 atom stereocenters. The van der Waals surface area contributed by atoms with Gasteiger partial charge in [0.1, 0.15) is 0 Å². The minimum absolute atomic E-state index is 0.00622. The van der Waals surface area contributed by atoms with E-state index in [2.05, 4.69) is 17.1 Å². The summed E-state index contributed by atoms with van der Waals surface area (Å²) in [7, 11) is 0. The van der Waals surface area contributed by atoms with Gasteiger partial charge in [0.15, 0.2) is 0 Å². The smallest absolute Gasteiger partial charge is 0.320 e. The Balaban J connectivity index is 2.13. The molecule has 0 aliphatic carbocycles. The third-order valence-electron chi connectivity index (χ3n) is 3.29. The second kappa shape index (κ2) is 8.48. The van der Waals surface area contributed by atoms with Gasteiger partial charge in [-0.3, -0.25) is 9.69 Å². The summed E-state index contributed by atoms with van der Waals surface area (Å²) in [5.74, 6) is 0.682. The molecule has 4 nitrogen and oxygen atoms in total. The van der Waals surface area contributed by atoms with Gasteiger partial charge in [-0.1, -0.05) is 6.92 Å². The maximum absolute atomic E-state index is 11.5. The first-order valence-corrected chi connectivity index (χ1v) is 7.24. The molecule has 0 aromatic heterocycles. The molecule has 1 heterocycles. The van der Waals surface area contributed by atoms with Gasteiger partial charge in [0, 0.05) is 0 Å². The lowest BCUT2D eigenvalue weighted by molar-refractivity contribution is -0.149. The van der Waals surface area contributed by atoms with E-state index in [1.807, 2.05) is 13.8 Å². The number of nitrogens with one attached hydrogen (secondary N) is 1. The fourth-order valence-electron chi connectivity index (χ4n) is 2.31. The Labute approximate surface area is 111 Å². The van der Waals surface area contributed by atoms with Crippen molar-refractivity contribution in [1.29, 1.82) is 0 Å². The SMILES string of the molecule is CCCNCC1CCN(CC(=O)OC(C)C)CC1. The Morgan fingerprint density at radius 2 is 2.06 bits per heavy atom. The normalized spacial score (nSPS) is 18.2. The van der Waals surface area contributed by atoms with Crippen LogP contribution < -0.4 is 5.32 Å². The van der Waals surface area contributed by atoms with E-state index >= 15 is 0 Å². The number of hydrogen-bond donors (Lipinski definition) is 1. The van der Waals surface area contributed by atoms with E-state index in [-0.39, 0.29) is 12.1 Å². The zero-order chi connectivity index (χ0) is 13.4. The average Bonchev–Trinajstić information content (AvgIpc) is 2.30. The van der Waals surface area contributed by atoms with Crippen molar-refractivity contribution in [2.24, 2.45) is 5.92 Å². The summed E-state index contributed by atoms with van der Waals surface area (Å²) in [6.07, 6.45) is 3.56. The summed E-state index contributed by atoms with van der Waals surface area (Å²) in [6.45, 7) is 10.7. The summed E-state index contributed by atoms with van der Waals surface area (Å²) in [4.78, 5) is 13.7. The predicted octanol–water partition coefficient (Wildman–Crippen LogP) is 1.65. The van der Waals surface area contributed by atoms with Crippen LogP contribution in [0, 0.1) is 5.92 Å². The molecule has 1 aliphatic heterocycles. The summed E-state index contributed by atoms with van der Waals surface area (Å²) in [5.41, 5.74) is 0. The fraction of sp³-hybridized carbons (Fsp3) is 0.929. The Kier molecular flexibility index (Phi) is 7.28. The monoisotopic (exact) mass is 256 g/mol. The van der Waals surface area contributed by atoms with Crippen LogP contribution in [0.15, 0.2) is 0 Å². The largest absolute Gasteiger partial charge is 0.462 e. The minimum atomic E-state index is -0.0902. The van der Waals surface area contributed by atoms with Gasteiger partial charge < -0.3 is 10.1 Å². The van der Waals surface area contributed by atoms with Crippen molar-refractivity contribution >= 4 is 5.97 Å². The molecule has 1 rings (SSSR count). The Morgan fingerprint density at radius 3 is 2.61 bits per heavy atom. The van der Waals surface area contributed by atoms with Crippen LogP contribution in [0.25, 0.3) is 0 Å². The summed E-state index contributed by atoms with van der Waals surface area (Å²) in [6, 6.07) is 0. The number of likely N-dealkylation sites (tertiary alicyclic amines) is 1. The third kappa shape index (κ3) is 6.36. The van der Waals surface area contributed by atoms with Crippen LogP contribution in [0.4, 0.5) is 0 Å². The first kappa shape index (κ1) is 15.4. The Morgan fingerprint density at radius 1 is 1.39 bits per heavy atom. The maximum Gasteiger partial charge on any atom is 0.320 e. The highest BCUT2D eigenvalue weighted by Gasteiger charge is 2.21. The molecule has 0 radical (unpaired) electrons. The van der Waals surface area contributed by atoms with E-state index in [0.717, 1.165) is 32.1 Å². The van der Waals surface area contributed by atoms with Crippen molar-refractivity contribution in [1.82, 2.24) is 10.2 Å². The lowest BCUT2D eigenvalue weighted by Gasteiger charge is -2.31. The molecule has 106 valence electrons. The highest BCUT2D eigenvalue weighted by atomic mass is 16.5. The number of carbonyl (C=O) groups excluding carboxylic acids is 1. The van der Waals surface area contributed by atoms with Crippen LogP contribution in [0.1, 0.15) is 40.0 Å². The van der Waals surface area contributed by atoms with Gasteiger partial charge in [-0.05, 0) is 65.2 Å². The van der Waals surface area contributed by atoms with Crippen molar-refractivity contribution in [3.05, 3.63) is 0 Å². The first-order chi connectivity index (χ1) is 8.61. The molecule has 0 aromatic carbocycles. The number of rotatable bonds is 7. The molecule has 0 bridgehead atoms. The van der Waals surface area contributed by atoms with Gasteiger partial charge in [0.25, 0.3) is 0 Å². The van der Waals surface area contributed by atoms with Crippen LogP contribution >= 0.6 is 0 Å². The van der Waals surface area contributed by atoms with Crippen LogP contribution in [-0.4, -0.2) is 49.7 Å². The van der Waals surface area contributed by atoms with Gasteiger partial charge in [-0.2, -0.15) is 0 Å². The van der Waals surface area contributed by atoms with E-state index in [4.69, 9.17) is 4.74 Å². The van der Waals surface area contributed by atoms with E-state index in [1.54, 1.807) is 0 Å². The molecule has 0 aromatic rings. The van der Waals surface area contributed by atoms with Crippen LogP contribution in [-0.2, 0) is 9.53 Å². The highest BCUT2D eigenvalue weighted by molar-refractivity contribution is 5.71. The van der Waals surface area contributed by atoms with E-state index < -0.39 is 0 Å². The van der Waals surface area contributed by atoms with Crippen molar-refractivity contribution in [3.63, 3.8) is 0 Å². The summed E-state index contributed by atoms with van der Waals surface area (Å²) in [5, 5.41) is 3.48. The van der Waals surface area contributed by atoms with Crippen molar-refractivity contribution in [2.75, 3.05) is 32.7 Å². The van der Waals surface area contributed by atoms with Gasteiger partial charge in [-0.15, -0.1) is 0 Å². The molecule has 1 saturated heterocycles. The van der Waals surface area contributed by atoms with Crippen LogP contribution in [0.5, 0.6) is 0 Å². The van der Waals surface area contributed by atoms with Crippen molar-refractivity contribution in [3.8, 4) is 0 Å². The average molecular weight is 256 g/mol. The Bertz CT molecular complexity index is 236. The number of piperidine rings is 1. The topological polar surface area (TPSA) is 41.6 Å². The summed E-state index contributed by atoms with van der Waals surface area (Å²) < 4.78 is 5.17. The number of nitrogens with zero attached hydrogens (tertiary/aromatic N) is 1. The molecule has 0 saturated carbocycles. The number of esters is 1. The fourth-order valence-corrected chi connectivity index (χ4v) is 2.31. The zero-order valence-electron chi connectivity index (χ0n) is 12.1. The van der Waals surface area contributed by atoms with Gasteiger partial charge in [0.2, 0.25) is 0 Å². The molecular weight excluding hydrogens is 228 g/mol. The number of ether oxygens (including phenoxy) is 1. The third-order valence-corrected chi connectivity index (χ3v) is 3.29. The maximum atomic E-state index is 11.5. The molecular formula is C14H28N2O2. The lowest BCUT2D eigenvalue weighted by Crippen LogP contribution is -2.40. The Hall–Kier alpha value is -0.610. The van der Waals surface area contributed by atoms with Gasteiger partial charge in [-0.25, -0.2) is 0 Å². The second-order valence-electron chi connectivity index (χ2n) is 5.46. The number of hydrogen-bond acceptors (Lipinski definition) is 4. The zero-order valence-corrected chi connectivity index (χ0v) is 12.1. The highest BCUT2D eigenvalue weighted by Crippen LogP contribution is 2.16. The first-order valence-electron chi connectivity index (χ1n) is 7.24. The molecule has 1 fully saturated rings. The van der Waals surface area contributed by atoms with Crippen LogP contribution in [0.3, 0.4) is 0 Å². The van der Waals surface area contributed by atoms with Crippen LogP contribution in [0.2, 0.25) is 0 Å². The molecule has 18 heavy (non-hydrogen) atoms. The molecule has 0 amide bonds. The molecule has 4 heteroatoms. The quantitative estimate of drug-likeness (QED) is 0.555. The second-order valence-corrected chi connectivity index (χ2v) is 5.46. The lowest BCUT2D eigenvalue weighted by atomic mass is 9.97.